The molecule has 12 rings (SSSR count). The molecule has 2 aliphatic rings. The first-order valence-electron chi connectivity index (χ1n) is 22.8. The van der Waals surface area contributed by atoms with Crippen LogP contribution in [0.1, 0.15) is 47.6 Å². The fraction of sp³-hybridized carbons (Fsp3) is 0.0625. The van der Waals surface area contributed by atoms with E-state index in [0.29, 0.717) is 0 Å². The van der Waals surface area contributed by atoms with Gasteiger partial charge in [-0.15, -0.1) is 0 Å². The van der Waals surface area contributed by atoms with Crippen molar-refractivity contribution in [1.82, 2.24) is 0 Å². The van der Waals surface area contributed by atoms with Crippen molar-refractivity contribution in [2.75, 3.05) is 4.90 Å². The zero-order valence-electron chi connectivity index (χ0n) is 36.6. The molecule has 0 saturated heterocycles. The molecule has 0 bridgehead atoms. The SMILES string of the molecule is CC1(C)c2cc(-c3ccccc3)ccc2-c2ccc(N(c3ccccc3)c3ccc(-c4ccc(-c5ccc(-c6ccc7c(c6)C(c6ccccc6)c6ccccc6-7)cc5)cc4)cc3)cc21. The molecule has 10 aromatic carbocycles. The molecule has 0 spiro atoms. The summed E-state index contributed by atoms with van der Waals surface area (Å²) >= 11 is 0. The van der Waals surface area contributed by atoms with E-state index >= 15 is 0 Å². The molecule has 1 nitrogen and oxygen atoms in total. The Balaban J connectivity index is 0.799. The summed E-state index contributed by atoms with van der Waals surface area (Å²) in [6, 6.07) is 89.3. The van der Waals surface area contributed by atoms with E-state index in [1.807, 2.05) is 0 Å². The molecule has 0 saturated carbocycles. The lowest BCUT2D eigenvalue weighted by Crippen LogP contribution is -2.16. The minimum Gasteiger partial charge on any atom is -0.310 e. The Morgan fingerprint density at radius 1 is 0.292 bits per heavy atom. The van der Waals surface area contributed by atoms with Crippen LogP contribution in [-0.4, -0.2) is 0 Å². The van der Waals surface area contributed by atoms with Gasteiger partial charge in [-0.25, -0.2) is 0 Å². The van der Waals surface area contributed by atoms with Crippen LogP contribution in [0.15, 0.2) is 243 Å². The van der Waals surface area contributed by atoms with E-state index in [1.165, 1.54) is 94.6 Å². The van der Waals surface area contributed by atoms with Crippen LogP contribution in [0, 0.1) is 0 Å². The number of nitrogens with zero attached hydrogens (tertiary/aromatic N) is 1. The lowest BCUT2D eigenvalue weighted by atomic mass is 9.81. The summed E-state index contributed by atoms with van der Waals surface area (Å²) in [5.41, 5.74) is 25.2. The molecule has 0 amide bonds. The Hall–Kier alpha value is -8.00. The van der Waals surface area contributed by atoms with Gasteiger partial charge in [0.15, 0.2) is 0 Å². The third-order valence-corrected chi connectivity index (χ3v) is 14.0. The minimum absolute atomic E-state index is 0.144. The first-order chi connectivity index (χ1) is 32.0. The Morgan fingerprint density at radius 3 is 1.32 bits per heavy atom. The third-order valence-electron chi connectivity index (χ3n) is 14.0. The van der Waals surface area contributed by atoms with Crippen LogP contribution >= 0.6 is 0 Å². The van der Waals surface area contributed by atoms with Crippen LogP contribution in [0.4, 0.5) is 17.1 Å². The van der Waals surface area contributed by atoms with Crippen molar-refractivity contribution in [1.29, 1.82) is 0 Å². The zero-order chi connectivity index (χ0) is 43.5. The van der Waals surface area contributed by atoms with Gasteiger partial charge in [-0.05, 0) is 143 Å². The summed E-state index contributed by atoms with van der Waals surface area (Å²) in [5.74, 6) is 0.241. The van der Waals surface area contributed by atoms with Crippen LogP contribution < -0.4 is 4.90 Å². The van der Waals surface area contributed by atoms with Gasteiger partial charge in [-0.1, -0.05) is 208 Å². The maximum absolute atomic E-state index is 2.41. The molecule has 0 N–H and O–H groups in total. The van der Waals surface area contributed by atoms with Gasteiger partial charge in [-0.2, -0.15) is 0 Å². The average Bonchev–Trinajstić information content (AvgIpc) is 3.82. The van der Waals surface area contributed by atoms with Gasteiger partial charge in [0.1, 0.15) is 0 Å². The van der Waals surface area contributed by atoms with Gasteiger partial charge in [-0.3, -0.25) is 0 Å². The van der Waals surface area contributed by atoms with E-state index in [2.05, 4.69) is 261 Å². The molecular formula is C64H47N. The summed E-state index contributed by atoms with van der Waals surface area (Å²) in [7, 11) is 0. The second-order valence-electron chi connectivity index (χ2n) is 18.1. The van der Waals surface area contributed by atoms with E-state index in [0.717, 1.165) is 17.1 Å². The number of anilines is 3. The number of hydrogen-bond donors (Lipinski definition) is 0. The number of fused-ring (bicyclic) bond motifs is 6. The third kappa shape index (κ3) is 6.71. The standard InChI is InChI=1S/C64H47N/c1-64(2)61-41-51(43-14-6-3-7-15-43)33-38-57(61)58-39-36-54(42-62(58)64)65(52-18-10-5-11-19-52)53-34-30-47(31-35-53)46-24-22-44(23-25-46)45-26-28-48(29-27-45)50-32-37-56-55-20-12-13-21-59(55)63(60(56)40-50)49-16-8-4-9-17-49/h3-42,63H,1-2H3. The number of rotatable bonds is 8. The summed E-state index contributed by atoms with van der Waals surface area (Å²) in [6.07, 6.45) is 0. The number of para-hydroxylation sites is 1. The van der Waals surface area contributed by atoms with E-state index < -0.39 is 0 Å². The van der Waals surface area contributed by atoms with Crippen molar-refractivity contribution in [3.8, 4) is 66.8 Å². The van der Waals surface area contributed by atoms with Crippen LogP contribution in [-0.2, 0) is 5.41 Å². The van der Waals surface area contributed by atoms with Crippen LogP contribution in [0.25, 0.3) is 66.8 Å². The lowest BCUT2D eigenvalue weighted by Gasteiger charge is -2.28. The largest absolute Gasteiger partial charge is 0.310 e. The monoisotopic (exact) mass is 829 g/mol. The molecule has 1 atom stereocenters. The fourth-order valence-electron chi connectivity index (χ4n) is 10.6. The maximum atomic E-state index is 2.41. The van der Waals surface area contributed by atoms with Crippen LogP contribution in [0.2, 0.25) is 0 Å². The van der Waals surface area contributed by atoms with Gasteiger partial charge in [0, 0.05) is 28.4 Å². The van der Waals surface area contributed by atoms with E-state index in [4.69, 9.17) is 0 Å². The van der Waals surface area contributed by atoms with Crippen molar-refractivity contribution in [2.45, 2.75) is 25.2 Å². The molecule has 308 valence electrons. The van der Waals surface area contributed by atoms with Gasteiger partial charge in [0.2, 0.25) is 0 Å². The highest BCUT2D eigenvalue weighted by Crippen LogP contribution is 2.52. The highest BCUT2D eigenvalue weighted by Gasteiger charge is 2.36. The smallest absolute Gasteiger partial charge is 0.0465 e. The molecule has 10 aromatic rings. The Bertz CT molecular complexity index is 3350. The zero-order valence-corrected chi connectivity index (χ0v) is 36.6. The predicted molar refractivity (Wildman–Crippen MR) is 273 cm³/mol. The summed E-state index contributed by atoms with van der Waals surface area (Å²) in [6.45, 7) is 4.74. The molecule has 1 heteroatoms. The number of hydrogen-bond acceptors (Lipinski definition) is 1. The molecule has 0 fully saturated rings. The van der Waals surface area contributed by atoms with Gasteiger partial charge in [0.25, 0.3) is 0 Å². The van der Waals surface area contributed by atoms with E-state index in [9.17, 15) is 0 Å². The van der Waals surface area contributed by atoms with Crippen molar-refractivity contribution in [3.05, 3.63) is 270 Å². The van der Waals surface area contributed by atoms with E-state index in [1.54, 1.807) is 0 Å². The van der Waals surface area contributed by atoms with Gasteiger partial charge >= 0.3 is 0 Å². The Labute approximate surface area is 382 Å². The lowest BCUT2D eigenvalue weighted by molar-refractivity contribution is 0.660. The molecule has 1 unspecified atom stereocenters. The van der Waals surface area contributed by atoms with Crippen LogP contribution in [0.3, 0.4) is 0 Å². The molecule has 65 heavy (non-hydrogen) atoms. The topological polar surface area (TPSA) is 3.24 Å². The average molecular weight is 830 g/mol. The van der Waals surface area contributed by atoms with Crippen LogP contribution in [0.5, 0.6) is 0 Å². The maximum Gasteiger partial charge on any atom is 0.0465 e. The molecule has 0 radical (unpaired) electrons. The second kappa shape index (κ2) is 15.7. The van der Waals surface area contributed by atoms with Gasteiger partial charge < -0.3 is 4.90 Å². The minimum atomic E-state index is -0.144. The molecule has 0 aliphatic heterocycles. The Kier molecular flexibility index (Phi) is 9.31. The van der Waals surface area contributed by atoms with E-state index in [-0.39, 0.29) is 11.3 Å². The fourth-order valence-corrected chi connectivity index (χ4v) is 10.6. The Morgan fingerprint density at radius 2 is 0.692 bits per heavy atom. The van der Waals surface area contributed by atoms with Gasteiger partial charge in [0.05, 0.1) is 0 Å². The molecule has 0 aromatic heterocycles. The predicted octanol–water partition coefficient (Wildman–Crippen LogP) is 17.3. The highest BCUT2D eigenvalue weighted by atomic mass is 15.1. The summed E-state index contributed by atoms with van der Waals surface area (Å²) in [4.78, 5) is 2.38. The summed E-state index contributed by atoms with van der Waals surface area (Å²) in [5, 5.41) is 0. The van der Waals surface area contributed by atoms with Crippen molar-refractivity contribution >= 4 is 17.1 Å². The highest BCUT2D eigenvalue weighted by molar-refractivity contribution is 5.88. The summed E-state index contributed by atoms with van der Waals surface area (Å²) < 4.78 is 0. The second-order valence-corrected chi connectivity index (χ2v) is 18.1. The van der Waals surface area contributed by atoms with Crippen molar-refractivity contribution < 1.29 is 0 Å². The quantitative estimate of drug-likeness (QED) is 0.147. The number of benzene rings is 10. The molecule has 2 aliphatic carbocycles. The molecule has 0 heterocycles. The first kappa shape index (κ1) is 38.7. The molecular weight excluding hydrogens is 783 g/mol. The normalized spacial score (nSPS) is 14.0. The van der Waals surface area contributed by atoms with Crippen molar-refractivity contribution in [2.24, 2.45) is 0 Å². The van der Waals surface area contributed by atoms with Crippen molar-refractivity contribution in [3.63, 3.8) is 0 Å². The first-order valence-corrected chi connectivity index (χ1v) is 22.8.